The van der Waals surface area contributed by atoms with Gasteiger partial charge < -0.3 is 20.1 Å². The molecule has 2 N–H and O–H groups in total. The van der Waals surface area contributed by atoms with Gasteiger partial charge in [0.25, 0.3) is 0 Å². The number of urea groups is 1. The first-order chi connectivity index (χ1) is 9.86. The van der Waals surface area contributed by atoms with E-state index in [1.807, 2.05) is 0 Å². The number of carbonyl (C=O) groups excluding carboxylic acids is 2. The average Bonchev–Trinajstić information content (AvgIpc) is 2.46. The van der Waals surface area contributed by atoms with Crippen LogP contribution in [0.25, 0.3) is 0 Å². The van der Waals surface area contributed by atoms with Crippen LogP contribution in [0.2, 0.25) is 0 Å². The van der Waals surface area contributed by atoms with E-state index in [2.05, 4.69) is 5.32 Å². The van der Waals surface area contributed by atoms with Crippen molar-refractivity contribution in [2.24, 2.45) is 0 Å². The molecule has 0 spiro atoms. The molecule has 6 nitrogen and oxygen atoms in total. The molecule has 1 unspecified atom stereocenters. The minimum Gasteiger partial charge on any atom is -0.508 e. The van der Waals surface area contributed by atoms with Gasteiger partial charge >= 0.3 is 12.0 Å². The number of phenols is 1. The van der Waals surface area contributed by atoms with Gasteiger partial charge in [-0.2, -0.15) is 0 Å². The van der Waals surface area contributed by atoms with E-state index in [9.17, 15) is 14.7 Å². The van der Waals surface area contributed by atoms with E-state index < -0.39 is 12.0 Å². The molecule has 1 aliphatic heterocycles. The largest absolute Gasteiger partial charge is 0.508 e. The molecule has 7 heteroatoms. The fraction of sp³-hybridized carbons (Fsp3) is 0.286. The molecular weight excluding hydrogens is 271 g/mol. The number of nitrogens with zero attached hydrogens (tertiary/aromatic N) is 1. The molecule has 2 rings (SSSR count). The number of hydrogen-bond donors (Lipinski definition) is 2. The van der Waals surface area contributed by atoms with Crippen molar-refractivity contribution in [3.8, 4) is 5.75 Å². The molecule has 2 amide bonds. The summed E-state index contributed by atoms with van der Waals surface area (Å²) >= 11 is 0. The second kappa shape index (κ2) is 5.51. The van der Waals surface area contributed by atoms with Crippen molar-refractivity contribution < 1.29 is 19.4 Å². The van der Waals surface area contributed by atoms with Gasteiger partial charge in [-0.1, -0.05) is 11.5 Å². The molecule has 0 bridgehead atoms. The number of allylic oxidation sites excluding steroid dienone is 1. The highest BCUT2D eigenvalue weighted by Crippen LogP contribution is 2.30. The Kier molecular flexibility index (Phi) is 3.93. The van der Waals surface area contributed by atoms with Gasteiger partial charge in [-0.15, -0.1) is 0 Å². The predicted molar refractivity (Wildman–Crippen MR) is 77.2 cm³/mol. The monoisotopic (exact) mass is 286 g/mol. The van der Waals surface area contributed by atoms with E-state index in [-0.39, 0.29) is 17.4 Å². The first-order valence-electron chi connectivity index (χ1n) is 6.28. The second-order valence-corrected chi connectivity index (χ2v) is 4.75. The topological polar surface area (TPSA) is 78.9 Å². The molecule has 0 aromatic heterocycles. The summed E-state index contributed by atoms with van der Waals surface area (Å²) in [7, 11) is 8.72. The van der Waals surface area contributed by atoms with Crippen LogP contribution in [-0.2, 0) is 9.53 Å². The van der Waals surface area contributed by atoms with Gasteiger partial charge in [0.05, 0.1) is 18.7 Å². The molecule has 1 aliphatic rings. The van der Waals surface area contributed by atoms with Crippen molar-refractivity contribution in [3.63, 3.8) is 0 Å². The number of methoxy groups -OCH3 is 1. The van der Waals surface area contributed by atoms with E-state index in [4.69, 9.17) is 12.6 Å². The van der Waals surface area contributed by atoms with Crippen LogP contribution in [0.15, 0.2) is 29.5 Å². The summed E-state index contributed by atoms with van der Waals surface area (Å²) in [5.74, 6) is -0.568. The number of amides is 2. The van der Waals surface area contributed by atoms with Gasteiger partial charge in [-0.3, -0.25) is 0 Å². The zero-order valence-corrected chi connectivity index (χ0v) is 12.0. The third-order valence-electron chi connectivity index (χ3n) is 3.54. The number of ether oxygens (including phenoxy) is 1. The Labute approximate surface area is 123 Å². The number of nitrogens with one attached hydrogen (secondary N) is 1. The van der Waals surface area contributed by atoms with Crippen LogP contribution in [0, 0.1) is 0 Å². The Morgan fingerprint density at radius 3 is 2.76 bits per heavy atom. The summed E-state index contributed by atoms with van der Waals surface area (Å²) in [5.41, 5.74) is 1.54. The van der Waals surface area contributed by atoms with Crippen LogP contribution >= 0.6 is 0 Å². The van der Waals surface area contributed by atoms with Crippen LogP contribution in [0.1, 0.15) is 18.5 Å². The number of esters is 1. The fourth-order valence-corrected chi connectivity index (χ4v) is 2.26. The molecule has 0 saturated heterocycles. The van der Waals surface area contributed by atoms with E-state index >= 15 is 0 Å². The Hall–Kier alpha value is -2.44. The summed E-state index contributed by atoms with van der Waals surface area (Å²) in [4.78, 5) is 25.3. The van der Waals surface area contributed by atoms with Crippen molar-refractivity contribution in [2.75, 3.05) is 14.2 Å². The summed E-state index contributed by atoms with van der Waals surface area (Å²) in [5, 5.41) is 12.3. The third-order valence-corrected chi connectivity index (χ3v) is 3.54. The molecule has 0 fully saturated rings. The second-order valence-electron chi connectivity index (χ2n) is 4.75. The number of benzene rings is 1. The van der Waals surface area contributed by atoms with Gasteiger partial charge in [0.15, 0.2) is 0 Å². The maximum absolute atomic E-state index is 12.0. The fourth-order valence-electron chi connectivity index (χ4n) is 2.26. The highest BCUT2D eigenvalue weighted by atomic mass is 16.5. The predicted octanol–water partition coefficient (Wildman–Crippen LogP) is 0.329. The molecule has 2 radical (unpaired) electrons. The highest BCUT2D eigenvalue weighted by molar-refractivity contribution is 6.33. The number of phenolic OH excluding ortho intramolecular Hbond substituents is 1. The Morgan fingerprint density at radius 2 is 2.14 bits per heavy atom. The van der Waals surface area contributed by atoms with Gasteiger partial charge in [0.2, 0.25) is 0 Å². The molecule has 21 heavy (non-hydrogen) atoms. The number of hydrogen-bond acceptors (Lipinski definition) is 4. The van der Waals surface area contributed by atoms with Gasteiger partial charge in [-0.25, -0.2) is 9.59 Å². The first kappa shape index (κ1) is 15.0. The van der Waals surface area contributed by atoms with Gasteiger partial charge in [-0.05, 0) is 24.6 Å². The van der Waals surface area contributed by atoms with Crippen molar-refractivity contribution in [3.05, 3.63) is 35.0 Å². The average molecular weight is 286 g/mol. The quantitative estimate of drug-likeness (QED) is 0.606. The van der Waals surface area contributed by atoms with Crippen LogP contribution in [-0.4, -0.2) is 44.0 Å². The van der Waals surface area contributed by atoms with E-state index in [0.29, 0.717) is 16.7 Å². The Bertz CT molecular complexity index is 642. The van der Waals surface area contributed by atoms with E-state index in [1.54, 1.807) is 14.0 Å². The number of carbonyl (C=O) groups is 2. The lowest BCUT2D eigenvalue weighted by molar-refractivity contribution is -0.136. The molecule has 108 valence electrons. The van der Waals surface area contributed by atoms with E-state index in [1.165, 1.54) is 30.2 Å². The molecule has 0 saturated carbocycles. The minimum absolute atomic E-state index is 0.00533. The lowest BCUT2D eigenvalue weighted by atomic mass is 9.83. The summed E-state index contributed by atoms with van der Waals surface area (Å²) in [6.45, 7) is 1.65. The SMILES string of the molecule is [B]c1ccc(O)cc1C1NC(=O)N(C)C(C)=C1C(=O)OC. The molecule has 1 aromatic rings. The highest BCUT2D eigenvalue weighted by Gasteiger charge is 2.35. The number of aromatic hydroxyl groups is 1. The van der Waals surface area contributed by atoms with Crippen LogP contribution in [0.5, 0.6) is 5.75 Å². The normalized spacial score (nSPS) is 18.5. The van der Waals surface area contributed by atoms with Crippen LogP contribution in [0.4, 0.5) is 4.79 Å². The van der Waals surface area contributed by atoms with Crippen LogP contribution < -0.4 is 10.8 Å². The maximum atomic E-state index is 12.0. The summed E-state index contributed by atoms with van der Waals surface area (Å²) in [6, 6.07) is 3.23. The lowest BCUT2D eigenvalue weighted by Crippen LogP contribution is -2.47. The Balaban J connectivity index is 2.62. The maximum Gasteiger partial charge on any atom is 0.337 e. The molecule has 1 aromatic carbocycles. The molecule has 1 atom stereocenters. The zero-order valence-electron chi connectivity index (χ0n) is 12.0. The minimum atomic E-state index is -0.770. The number of rotatable bonds is 2. The summed E-state index contributed by atoms with van der Waals surface area (Å²) < 4.78 is 4.79. The van der Waals surface area contributed by atoms with Crippen LogP contribution in [0.3, 0.4) is 0 Å². The van der Waals surface area contributed by atoms with E-state index in [0.717, 1.165) is 0 Å². The third kappa shape index (κ3) is 2.59. The van der Waals surface area contributed by atoms with Crippen molar-refractivity contribution in [2.45, 2.75) is 13.0 Å². The Morgan fingerprint density at radius 1 is 1.48 bits per heavy atom. The smallest absolute Gasteiger partial charge is 0.337 e. The lowest BCUT2D eigenvalue weighted by Gasteiger charge is -2.33. The molecular formula is C14H15BN2O4. The summed E-state index contributed by atoms with van der Waals surface area (Å²) in [6.07, 6.45) is 0. The van der Waals surface area contributed by atoms with Crippen molar-refractivity contribution in [1.82, 2.24) is 10.2 Å². The first-order valence-corrected chi connectivity index (χ1v) is 6.28. The molecule has 1 heterocycles. The van der Waals surface area contributed by atoms with Gasteiger partial charge in [0, 0.05) is 12.7 Å². The van der Waals surface area contributed by atoms with Crippen molar-refractivity contribution >= 4 is 25.3 Å². The van der Waals surface area contributed by atoms with Crippen molar-refractivity contribution in [1.29, 1.82) is 0 Å². The standard InChI is InChI=1S/C14H15BN2O4/c1-7-11(13(19)21-3)12(16-14(20)17(7)2)9-6-8(18)4-5-10(9)15/h4-6,12,18H,1-3H3,(H,16,20). The molecule has 0 aliphatic carbocycles. The van der Waals surface area contributed by atoms with Gasteiger partial charge in [0.1, 0.15) is 13.6 Å². The zero-order chi connectivity index (χ0) is 15.7.